The second-order valence-electron chi connectivity index (χ2n) is 4.63. The second kappa shape index (κ2) is 6.94. The van der Waals surface area contributed by atoms with Crippen LogP contribution in [0.2, 0.25) is 0 Å². The predicted octanol–water partition coefficient (Wildman–Crippen LogP) is 3.88. The number of rotatable bonds is 5. The van der Waals surface area contributed by atoms with Crippen LogP contribution >= 0.6 is 15.9 Å². The summed E-state index contributed by atoms with van der Waals surface area (Å²) in [4.78, 5) is 11.2. The van der Waals surface area contributed by atoms with Crippen LogP contribution in [0, 0.1) is 20.8 Å². The van der Waals surface area contributed by atoms with Crippen molar-refractivity contribution >= 4 is 21.9 Å². The number of benzene rings is 1. The summed E-state index contributed by atoms with van der Waals surface area (Å²) in [6, 6.07) is 0. The van der Waals surface area contributed by atoms with Gasteiger partial charge in [0.05, 0.1) is 14.2 Å². The normalized spacial score (nSPS) is 10.4. The maximum Gasteiger partial charge on any atom is 0.305 e. The van der Waals surface area contributed by atoms with E-state index in [1.807, 2.05) is 0 Å². The average Bonchev–Trinajstić information content (AvgIpc) is 2.41. The molecule has 0 aromatic heterocycles. The van der Waals surface area contributed by atoms with E-state index in [9.17, 15) is 4.79 Å². The second-order valence-corrected chi connectivity index (χ2v) is 5.42. The molecule has 0 unspecified atom stereocenters. The van der Waals surface area contributed by atoms with Crippen molar-refractivity contribution in [2.24, 2.45) is 0 Å². The minimum Gasteiger partial charge on any atom is -0.496 e. The molecule has 1 rings (SSSR count). The molecule has 0 saturated carbocycles. The van der Waals surface area contributed by atoms with Crippen LogP contribution in [0.3, 0.4) is 0 Å². The van der Waals surface area contributed by atoms with E-state index < -0.39 is 0 Å². The van der Waals surface area contributed by atoms with E-state index in [0.717, 1.165) is 28.6 Å². The first-order valence-corrected chi connectivity index (χ1v) is 7.12. The van der Waals surface area contributed by atoms with Gasteiger partial charge in [0.2, 0.25) is 0 Å². The van der Waals surface area contributed by atoms with Crippen LogP contribution in [-0.2, 0) is 16.0 Å². The largest absolute Gasteiger partial charge is 0.496 e. The Labute approximate surface area is 123 Å². The van der Waals surface area contributed by atoms with Gasteiger partial charge in [0.25, 0.3) is 0 Å². The molecule has 0 aliphatic heterocycles. The highest BCUT2D eigenvalue weighted by Gasteiger charge is 2.16. The highest BCUT2D eigenvalue weighted by Crippen LogP contribution is 2.36. The molecular weight excluding hydrogens is 308 g/mol. The minimum absolute atomic E-state index is 0.167. The quantitative estimate of drug-likeness (QED) is 0.769. The van der Waals surface area contributed by atoms with Crippen molar-refractivity contribution < 1.29 is 14.3 Å². The van der Waals surface area contributed by atoms with Crippen molar-refractivity contribution in [2.45, 2.75) is 40.0 Å². The molecule has 106 valence electrons. The van der Waals surface area contributed by atoms with Crippen LogP contribution in [0.1, 0.15) is 35.1 Å². The van der Waals surface area contributed by atoms with Gasteiger partial charge in [-0.15, -0.1) is 0 Å². The van der Waals surface area contributed by atoms with Crippen molar-refractivity contribution in [1.82, 2.24) is 0 Å². The van der Waals surface area contributed by atoms with Crippen molar-refractivity contribution in [3.05, 3.63) is 26.7 Å². The van der Waals surface area contributed by atoms with Crippen LogP contribution in [0.15, 0.2) is 4.47 Å². The SMILES string of the molecule is COC(=O)CCCc1c(C)c(Br)c(C)c(C)c1OC. The molecule has 0 bridgehead atoms. The fourth-order valence-electron chi connectivity index (χ4n) is 2.23. The molecule has 0 aliphatic rings. The van der Waals surface area contributed by atoms with Gasteiger partial charge in [0.1, 0.15) is 5.75 Å². The van der Waals surface area contributed by atoms with Gasteiger partial charge in [-0.2, -0.15) is 0 Å². The number of carbonyl (C=O) groups excluding carboxylic acids is 1. The Hall–Kier alpha value is -1.03. The predicted molar refractivity (Wildman–Crippen MR) is 79.9 cm³/mol. The molecule has 4 heteroatoms. The van der Waals surface area contributed by atoms with E-state index in [1.54, 1.807) is 7.11 Å². The molecule has 0 aliphatic carbocycles. The monoisotopic (exact) mass is 328 g/mol. The van der Waals surface area contributed by atoms with Gasteiger partial charge in [0.15, 0.2) is 0 Å². The lowest BCUT2D eigenvalue weighted by Crippen LogP contribution is -2.05. The van der Waals surface area contributed by atoms with Gasteiger partial charge in [-0.25, -0.2) is 0 Å². The first-order chi connectivity index (χ1) is 8.93. The van der Waals surface area contributed by atoms with Crippen LogP contribution in [0.4, 0.5) is 0 Å². The van der Waals surface area contributed by atoms with Gasteiger partial charge in [-0.1, -0.05) is 15.9 Å². The van der Waals surface area contributed by atoms with Gasteiger partial charge >= 0.3 is 5.97 Å². The summed E-state index contributed by atoms with van der Waals surface area (Å²) in [6.45, 7) is 6.21. The van der Waals surface area contributed by atoms with Crippen molar-refractivity contribution in [2.75, 3.05) is 14.2 Å². The molecule has 0 spiro atoms. The van der Waals surface area contributed by atoms with E-state index in [-0.39, 0.29) is 5.97 Å². The Morgan fingerprint density at radius 2 is 1.74 bits per heavy atom. The summed E-state index contributed by atoms with van der Waals surface area (Å²) >= 11 is 3.63. The minimum atomic E-state index is -0.167. The Balaban J connectivity index is 3.02. The molecular formula is C15H21BrO3. The van der Waals surface area contributed by atoms with E-state index in [4.69, 9.17) is 4.74 Å². The van der Waals surface area contributed by atoms with Crippen molar-refractivity contribution in [3.63, 3.8) is 0 Å². The van der Waals surface area contributed by atoms with Crippen LogP contribution in [0.5, 0.6) is 5.75 Å². The Bertz CT molecular complexity index is 481. The topological polar surface area (TPSA) is 35.5 Å². The molecule has 0 heterocycles. The first kappa shape index (κ1) is 16.0. The maximum absolute atomic E-state index is 11.2. The van der Waals surface area contributed by atoms with Crippen LogP contribution < -0.4 is 4.74 Å². The number of ether oxygens (including phenoxy) is 2. The van der Waals surface area contributed by atoms with Gasteiger partial charge in [-0.3, -0.25) is 4.79 Å². The van der Waals surface area contributed by atoms with Gasteiger partial charge in [-0.05, 0) is 55.9 Å². The zero-order valence-corrected chi connectivity index (χ0v) is 13.8. The van der Waals surface area contributed by atoms with Crippen LogP contribution in [-0.4, -0.2) is 20.2 Å². The summed E-state index contributed by atoms with van der Waals surface area (Å²) < 4.78 is 11.3. The maximum atomic E-state index is 11.2. The summed E-state index contributed by atoms with van der Waals surface area (Å²) in [5.74, 6) is 0.766. The number of hydrogen-bond acceptors (Lipinski definition) is 3. The fraction of sp³-hybridized carbons (Fsp3) is 0.533. The highest BCUT2D eigenvalue weighted by molar-refractivity contribution is 9.10. The standard InChI is InChI=1S/C15H21BrO3/c1-9-10(2)15(19-5)12(11(3)14(9)16)7-6-8-13(17)18-4/h6-8H2,1-5H3. The number of halogens is 1. The van der Waals surface area contributed by atoms with Gasteiger partial charge < -0.3 is 9.47 Å². The van der Waals surface area contributed by atoms with E-state index >= 15 is 0 Å². The molecule has 1 aromatic carbocycles. The molecule has 0 amide bonds. The smallest absolute Gasteiger partial charge is 0.305 e. The van der Waals surface area contributed by atoms with E-state index in [1.165, 1.54) is 23.8 Å². The third-order valence-corrected chi connectivity index (χ3v) is 4.72. The summed E-state index contributed by atoms with van der Waals surface area (Å²) in [7, 11) is 3.11. The van der Waals surface area contributed by atoms with Crippen LogP contribution in [0.25, 0.3) is 0 Å². The lowest BCUT2D eigenvalue weighted by Gasteiger charge is -2.18. The zero-order chi connectivity index (χ0) is 14.6. The van der Waals surface area contributed by atoms with E-state index in [0.29, 0.717) is 6.42 Å². The number of methoxy groups -OCH3 is 2. The molecule has 3 nitrogen and oxygen atoms in total. The van der Waals surface area contributed by atoms with Crippen molar-refractivity contribution in [3.8, 4) is 5.75 Å². The molecule has 0 saturated heterocycles. The van der Waals surface area contributed by atoms with Gasteiger partial charge in [0, 0.05) is 10.9 Å². The molecule has 0 fully saturated rings. The zero-order valence-electron chi connectivity index (χ0n) is 12.2. The molecule has 1 aromatic rings. The lowest BCUT2D eigenvalue weighted by molar-refractivity contribution is -0.140. The van der Waals surface area contributed by atoms with Crippen molar-refractivity contribution in [1.29, 1.82) is 0 Å². The average molecular weight is 329 g/mol. The van der Waals surface area contributed by atoms with E-state index in [2.05, 4.69) is 41.4 Å². The summed E-state index contributed by atoms with van der Waals surface area (Å²) in [6.07, 6.45) is 2.01. The molecule has 0 N–H and O–H groups in total. The fourth-order valence-corrected chi connectivity index (χ4v) is 2.77. The third kappa shape index (κ3) is 3.50. The highest BCUT2D eigenvalue weighted by atomic mass is 79.9. The lowest BCUT2D eigenvalue weighted by atomic mass is 9.95. The molecule has 0 radical (unpaired) electrons. The molecule has 0 atom stereocenters. The number of carbonyl (C=O) groups is 1. The Morgan fingerprint density at radius 3 is 2.26 bits per heavy atom. The number of esters is 1. The Kier molecular flexibility index (Phi) is 5.85. The first-order valence-electron chi connectivity index (χ1n) is 6.32. The third-order valence-electron chi connectivity index (χ3n) is 3.53. The summed E-state index contributed by atoms with van der Waals surface area (Å²) in [5.41, 5.74) is 4.70. The molecule has 19 heavy (non-hydrogen) atoms. The summed E-state index contributed by atoms with van der Waals surface area (Å²) in [5, 5.41) is 0. The number of hydrogen-bond donors (Lipinski definition) is 0. The Morgan fingerprint density at radius 1 is 1.11 bits per heavy atom.